The molecule has 0 saturated carbocycles. The Labute approximate surface area is 148 Å². The smallest absolute Gasteiger partial charge is 0.214 e. The molecule has 2 rings (SSSR count). The van der Waals surface area contributed by atoms with E-state index in [1.807, 2.05) is 13.8 Å². The van der Waals surface area contributed by atoms with Crippen molar-refractivity contribution in [2.24, 2.45) is 0 Å². The topological polar surface area (TPSA) is 96.4 Å². The molecule has 0 amide bonds. The molecule has 25 heavy (non-hydrogen) atoms. The second kappa shape index (κ2) is 7.33. The van der Waals surface area contributed by atoms with Crippen LogP contribution in [0.15, 0.2) is 64.4 Å². The van der Waals surface area contributed by atoms with Crippen molar-refractivity contribution in [1.29, 1.82) is 5.39 Å². The van der Waals surface area contributed by atoms with Crippen LogP contribution in [-0.4, -0.2) is 21.5 Å². The Morgan fingerprint density at radius 2 is 1.36 bits per heavy atom. The standard InChI is InChI=1S/C17H19N2O4S2/c1-3-13(2)14-9-11-16(12-10-14)25(22,23)17(19-18)24(20,21)15-7-5-4-6-8-15/h4-13,17H,3H2,1-2H3/q+1. The van der Waals surface area contributed by atoms with E-state index in [0.29, 0.717) is 0 Å². The van der Waals surface area contributed by atoms with Gasteiger partial charge in [0.2, 0.25) is 5.39 Å². The van der Waals surface area contributed by atoms with Crippen molar-refractivity contribution in [2.75, 3.05) is 0 Å². The van der Waals surface area contributed by atoms with E-state index in [-0.39, 0.29) is 15.7 Å². The zero-order chi connectivity index (χ0) is 18.7. The predicted octanol–water partition coefficient (Wildman–Crippen LogP) is 3.58. The lowest BCUT2D eigenvalue weighted by atomic mass is 9.99. The number of hydrogen-bond acceptors (Lipinski definition) is 5. The second-order valence-electron chi connectivity index (χ2n) is 5.70. The van der Waals surface area contributed by atoms with Crippen molar-refractivity contribution in [3.8, 4) is 0 Å². The van der Waals surface area contributed by atoms with Gasteiger partial charge in [0.1, 0.15) is 0 Å². The summed E-state index contributed by atoms with van der Waals surface area (Å²) >= 11 is 0. The van der Waals surface area contributed by atoms with Crippen LogP contribution in [0.2, 0.25) is 0 Å². The van der Waals surface area contributed by atoms with Crippen LogP contribution in [0.1, 0.15) is 31.7 Å². The van der Waals surface area contributed by atoms with Gasteiger partial charge < -0.3 is 0 Å². The fourth-order valence-corrected chi connectivity index (χ4v) is 6.12. The molecule has 0 aromatic heterocycles. The molecule has 132 valence electrons. The minimum atomic E-state index is -4.41. The first-order valence-electron chi connectivity index (χ1n) is 7.72. The van der Waals surface area contributed by atoms with E-state index in [1.165, 1.54) is 36.4 Å². The van der Waals surface area contributed by atoms with E-state index in [2.05, 4.69) is 4.98 Å². The van der Waals surface area contributed by atoms with Gasteiger partial charge in [0.05, 0.1) is 9.79 Å². The Morgan fingerprint density at radius 3 is 1.80 bits per heavy atom. The minimum absolute atomic E-state index is 0.207. The van der Waals surface area contributed by atoms with Crippen molar-refractivity contribution in [3.63, 3.8) is 0 Å². The zero-order valence-electron chi connectivity index (χ0n) is 13.9. The molecular formula is C17H19N2O4S2+. The van der Waals surface area contributed by atoms with Gasteiger partial charge in [-0.05, 0) is 42.2 Å². The third kappa shape index (κ3) is 3.72. The quantitative estimate of drug-likeness (QED) is 0.715. The van der Waals surface area contributed by atoms with Crippen LogP contribution < -0.4 is 0 Å². The summed E-state index contributed by atoms with van der Waals surface area (Å²) in [5.41, 5.74) is 0.949. The Balaban J connectivity index is 2.48. The molecule has 8 heteroatoms. The molecule has 0 N–H and O–H groups in total. The van der Waals surface area contributed by atoms with Gasteiger partial charge in [0.15, 0.2) is 4.98 Å². The van der Waals surface area contributed by atoms with Crippen molar-refractivity contribution in [3.05, 3.63) is 65.1 Å². The highest BCUT2D eigenvalue weighted by Crippen LogP contribution is 2.28. The third-order valence-corrected chi connectivity index (χ3v) is 8.72. The molecule has 0 spiro atoms. The van der Waals surface area contributed by atoms with E-state index in [4.69, 9.17) is 5.39 Å². The average Bonchev–Trinajstić information content (AvgIpc) is 2.62. The van der Waals surface area contributed by atoms with Gasteiger partial charge in [-0.3, -0.25) is 0 Å². The maximum atomic E-state index is 12.7. The molecule has 0 aliphatic rings. The molecule has 0 saturated heterocycles. The van der Waals surface area contributed by atoms with Gasteiger partial charge in [-0.15, -0.1) is 0 Å². The molecule has 0 bridgehead atoms. The molecule has 0 aliphatic heterocycles. The molecule has 2 aromatic carbocycles. The maximum Gasteiger partial charge on any atom is 0.514 e. The Hall–Kier alpha value is -2.24. The number of benzene rings is 2. The van der Waals surface area contributed by atoms with Crippen molar-refractivity contribution < 1.29 is 16.8 Å². The van der Waals surface area contributed by atoms with Crippen LogP contribution in [0.25, 0.3) is 4.98 Å². The molecule has 0 fully saturated rings. The fourth-order valence-electron chi connectivity index (χ4n) is 2.36. The SMILES string of the molecule is CCC(C)c1ccc(S(=O)(=O)C([N+]#N)S(=O)(=O)c2ccccc2)cc1. The van der Waals surface area contributed by atoms with E-state index in [0.717, 1.165) is 12.0 Å². The first-order valence-corrected chi connectivity index (χ1v) is 10.8. The van der Waals surface area contributed by atoms with Crippen LogP contribution in [0.5, 0.6) is 0 Å². The largest absolute Gasteiger partial charge is 0.514 e. The number of nitrogens with zero attached hydrogens (tertiary/aromatic N) is 2. The maximum absolute atomic E-state index is 12.7. The summed E-state index contributed by atoms with van der Waals surface area (Å²) in [5.74, 6) is 0.253. The molecule has 2 aromatic rings. The van der Waals surface area contributed by atoms with Crippen LogP contribution >= 0.6 is 0 Å². The van der Waals surface area contributed by atoms with Crippen LogP contribution in [0.3, 0.4) is 0 Å². The first-order chi connectivity index (χ1) is 11.7. The molecular weight excluding hydrogens is 360 g/mol. The van der Waals surface area contributed by atoms with E-state index in [9.17, 15) is 16.8 Å². The van der Waals surface area contributed by atoms with Gasteiger partial charge in [-0.25, -0.2) is 16.8 Å². The third-order valence-electron chi connectivity index (χ3n) is 4.09. The van der Waals surface area contributed by atoms with Gasteiger partial charge >= 0.3 is 4.71 Å². The van der Waals surface area contributed by atoms with Gasteiger partial charge in [-0.1, -0.05) is 44.2 Å². The molecule has 0 radical (unpaired) electrons. The van der Waals surface area contributed by atoms with Crippen molar-refractivity contribution in [1.82, 2.24) is 0 Å². The van der Waals surface area contributed by atoms with E-state index < -0.39 is 24.4 Å². The highest BCUT2D eigenvalue weighted by Gasteiger charge is 2.51. The van der Waals surface area contributed by atoms with Crippen molar-refractivity contribution >= 4 is 19.7 Å². The molecule has 6 nitrogen and oxygen atoms in total. The molecule has 2 unspecified atom stereocenters. The highest BCUT2D eigenvalue weighted by atomic mass is 32.3. The lowest BCUT2D eigenvalue weighted by molar-refractivity contribution is 0.581. The first kappa shape index (κ1) is 19.1. The highest BCUT2D eigenvalue weighted by molar-refractivity contribution is 8.09. The fraction of sp³-hybridized carbons (Fsp3) is 0.294. The number of rotatable bonds is 6. The zero-order valence-corrected chi connectivity index (χ0v) is 15.5. The lowest BCUT2D eigenvalue weighted by Crippen LogP contribution is -2.27. The van der Waals surface area contributed by atoms with Gasteiger partial charge in [-0.2, -0.15) is 0 Å². The summed E-state index contributed by atoms with van der Waals surface area (Å²) in [4.78, 5) is 2.25. The number of diazo groups is 1. The predicted molar refractivity (Wildman–Crippen MR) is 94.8 cm³/mol. The Morgan fingerprint density at radius 1 is 0.880 bits per heavy atom. The summed E-state index contributed by atoms with van der Waals surface area (Å²) in [5, 5.41) is 9.17. The molecule has 2 atom stereocenters. The Bertz CT molecular complexity index is 977. The summed E-state index contributed by atoms with van der Waals surface area (Å²) in [6.45, 7) is 4.03. The van der Waals surface area contributed by atoms with Crippen molar-refractivity contribution in [2.45, 2.75) is 40.7 Å². The minimum Gasteiger partial charge on any atom is -0.214 e. The molecule has 0 aliphatic carbocycles. The van der Waals surface area contributed by atoms with E-state index in [1.54, 1.807) is 18.2 Å². The summed E-state index contributed by atoms with van der Waals surface area (Å²) in [6, 6.07) is 13.0. The lowest BCUT2D eigenvalue weighted by Gasteiger charge is -2.10. The van der Waals surface area contributed by atoms with Gasteiger partial charge in [0.25, 0.3) is 19.7 Å². The summed E-state index contributed by atoms with van der Waals surface area (Å²) in [7, 11) is -8.80. The summed E-state index contributed by atoms with van der Waals surface area (Å²) < 4.78 is 48.2. The number of sulfone groups is 2. The monoisotopic (exact) mass is 379 g/mol. The molecule has 0 heterocycles. The van der Waals surface area contributed by atoms with Crippen LogP contribution in [0.4, 0.5) is 0 Å². The Kier molecular flexibility index (Phi) is 5.60. The second-order valence-corrected chi connectivity index (χ2v) is 10.0. The van der Waals surface area contributed by atoms with E-state index >= 15 is 0 Å². The summed E-state index contributed by atoms with van der Waals surface area (Å²) in [6.07, 6.45) is 0.892. The van der Waals surface area contributed by atoms with Crippen LogP contribution in [0, 0.1) is 5.39 Å². The van der Waals surface area contributed by atoms with Gasteiger partial charge in [0, 0.05) is 0 Å². The normalized spacial score (nSPS) is 14.4. The number of hydrogen-bond donors (Lipinski definition) is 0. The van der Waals surface area contributed by atoms with Crippen LogP contribution in [-0.2, 0) is 19.7 Å². The average molecular weight is 379 g/mol.